The van der Waals surface area contributed by atoms with E-state index in [1.807, 2.05) is 31.2 Å². The van der Waals surface area contributed by atoms with E-state index in [4.69, 9.17) is 4.74 Å². The van der Waals surface area contributed by atoms with Crippen molar-refractivity contribution in [3.05, 3.63) is 41.7 Å². The lowest BCUT2D eigenvalue weighted by molar-refractivity contribution is 0.177. The molecular formula is C13H17N3O2. The molecule has 0 amide bonds. The predicted octanol–water partition coefficient (Wildman–Crippen LogP) is 1.49. The number of aryl methyl sites for hydroxylation is 1. The van der Waals surface area contributed by atoms with Gasteiger partial charge in [-0.3, -0.25) is 4.68 Å². The van der Waals surface area contributed by atoms with Gasteiger partial charge in [-0.2, -0.15) is 0 Å². The van der Waals surface area contributed by atoms with Gasteiger partial charge in [-0.05, 0) is 24.6 Å². The van der Waals surface area contributed by atoms with Crippen LogP contribution in [-0.2, 0) is 13.5 Å². The van der Waals surface area contributed by atoms with Crippen molar-refractivity contribution in [2.24, 2.45) is 7.05 Å². The van der Waals surface area contributed by atoms with Crippen LogP contribution in [0, 0.1) is 0 Å². The van der Waals surface area contributed by atoms with E-state index in [1.54, 1.807) is 17.9 Å². The van der Waals surface area contributed by atoms with Crippen molar-refractivity contribution in [1.29, 1.82) is 0 Å². The lowest BCUT2D eigenvalue weighted by atomic mass is 10.1. The summed E-state index contributed by atoms with van der Waals surface area (Å²) >= 11 is 0. The predicted molar refractivity (Wildman–Crippen MR) is 67.3 cm³/mol. The Kier molecular flexibility index (Phi) is 3.94. The van der Waals surface area contributed by atoms with Crippen molar-refractivity contribution in [2.45, 2.75) is 19.4 Å². The minimum absolute atomic E-state index is 0.460. The second kappa shape index (κ2) is 5.64. The highest BCUT2D eigenvalue weighted by molar-refractivity contribution is 5.29. The standard InChI is InChI=1S/C13H17N3O2/c1-3-18-12-6-4-10(5-7-12)13(17)8-11-9-16(2)15-14-11/h4-7,9,13,17H,3,8H2,1-2H3. The maximum atomic E-state index is 10.1. The Morgan fingerprint density at radius 2 is 2.06 bits per heavy atom. The quantitative estimate of drug-likeness (QED) is 0.869. The molecule has 2 rings (SSSR count). The summed E-state index contributed by atoms with van der Waals surface area (Å²) in [7, 11) is 1.81. The molecule has 5 nitrogen and oxygen atoms in total. The fraction of sp³-hybridized carbons (Fsp3) is 0.385. The Hall–Kier alpha value is -1.88. The fourth-order valence-corrected chi connectivity index (χ4v) is 1.76. The van der Waals surface area contributed by atoms with Crippen LogP contribution in [0.25, 0.3) is 0 Å². The third kappa shape index (κ3) is 3.07. The Morgan fingerprint density at radius 3 is 2.61 bits per heavy atom. The van der Waals surface area contributed by atoms with Crippen LogP contribution in [0.15, 0.2) is 30.5 Å². The van der Waals surface area contributed by atoms with Crippen molar-refractivity contribution < 1.29 is 9.84 Å². The number of nitrogens with zero attached hydrogens (tertiary/aromatic N) is 3. The second-order valence-electron chi connectivity index (χ2n) is 4.11. The number of aliphatic hydroxyl groups excluding tert-OH is 1. The average molecular weight is 247 g/mol. The number of ether oxygens (including phenoxy) is 1. The minimum atomic E-state index is -0.572. The number of aromatic nitrogens is 3. The number of hydrogen-bond acceptors (Lipinski definition) is 4. The molecular weight excluding hydrogens is 230 g/mol. The molecule has 0 aliphatic carbocycles. The van der Waals surface area contributed by atoms with Gasteiger partial charge in [0, 0.05) is 19.7 Å². The molecule has 1 aromatic carbocycles. The molecule has 96 valence electrons. The normalized spacial score (nSPS) is 12.4. The van der Waals surface area contributed by atoms with Crippen molar-refractivity contribution in [3.63, 3.8) is 0 Å². The van der Waals surface area contributed by atoms with Crippen molar-refractivity contribution >= 4 is 0 Å². The molecule has 0 saturated carbocycles. The van der Waals surface area contributed by atoms with E-state index in [9.17, 15) is 5.11 Å². The summed E-state index contributed by atoms with van der Waals surface area (Å²) in [5.41, 5.74) is 1.63. The lowest BCUT2D eigenvalue weighted by Crippen LogP contribution is -2.02. The molecule has 0 saturated heterocycles. The first-order chi connectivity index (χ1) is 8.69. The van der Waals surface area contributed by atoms with Crippen LogP contribution < -0.4 is 4.74 Å². The van der Waals surface area contributed by atoms with Crippen LogP contribution in [0.5, 0.6) is 5.75 Å². The summed E-state index contributed by atoms with van der Waals surface area (Å²) in [6.45, 7) is 2.58. The van der Waals surface area contributed by atoms with E-state index in [2.05, 4.69) is 10.3 Å². The van der Waals surface area contributed by atoms with Gasteiger partial charge in [0.15, 0.2) is 0 Å². The largest absolute Gasteiger partial charge is 0.494 e. The fourth-order valence-electron chi connectivity index (χ4n) is 1.76. The molecule has 1 aromatic heterocycles. The average Bonchev–Trinajstić information content (AvgIpc) is 2.76. The summed E-state index contributed by atoms with van der Waals surface area (Å²) in [4.78, 5) is 0. The second-order valence-corrected chi connectivity index (χ2v) is 4.11. The molecule has 1 unspecified atom stereocenters. The maximum Gasteiger partial charge on any atom is 0.119 e. The van der Waals surface area contributed by atoms with E-state index >= 15 is 0 Å². The Bertz CT molecular complexity index is 493. The van der Waals surface area contributed by atoms with Gasteiger partial charge in [0.1, 0.15) is 5.75 Å². The molecule has 0 radical (unpaired) electrons. The van der Waals surface area contributed by atoms with E-state index in [-0.39, 0.29) is 0 Å². The monoisotopic (exact) mass is 247 g/mol. The smallest absolute Gasteiger partial charge is 0.119 e. The van der Waals surface area contributed by atoms with Gasteiger partial charge in [0.05, 0.1) is 18.4 Å². The van der Waals surface area contributed by atoms with Crippen molar-refractivity contribution in [2.75, 3.05) is 6.61 Å². The zero-order chi connectivity index (χ0) is 13.0. The molecule has 0 fully saturated rings. The van der Waals surface area contributed by atoms with Gasteiger partial charge in [-0.25, -0.2) is 0 Å². The molecule has 1 atom stereocenters. The van der Waals surface area contributed by atoms with Gasteiger partial charge in [0.25, 0.3) is 0 Å². The van der Waals surface area contributed by atoms with Gasteiger partial charge < -0.3 is 9.84 Å². The number of benzene rings is 1. The maximum absolute atomic E-state index is 10.1. The van der Waals surface area contributed by atoms with Gasteiger partial charge >= 0.3 is 0 Å². The van der Waals surface area contributed by atoms with Crippen molar-refractivity contribution in [3.8, 4) is 5.75 Å². The first-order valence-electron chi connectivity index (χ1n) is 5.95. The molecule has 0 aliphatic rings. The molecule has 2 aromatic rings. The zero-order valence-corrected chi connectivity index (χ0v) is 10.6. The highest BCUT2D eigenvalue weighted by atomic mass is 16.5. The summed E-state index contributed by atoms with van der Waals surface area (Å²) < 4.78 is 6.98. The minimum Gasteiger partial charge on any atom is -0.494 e. The third-order valence-electron chi connectivity index (χ3n) is 2.63. The molecule has 0 bridgehead atoms. The zero-order valence-electron chi connectivity index (χ0n) is 10.6. The molecule has 1 N–H and O–H groups in total. The SMILES string of the molecule is CCOc1ccc(C(O)Cc2cn(C)nn2)cc1. The Labute approximate surface area is 106 Å². The van der Waals surface area contributed by atoms with E-state index < -0.39 is 6.10 Å². The van der Waals surface area contributed by atoms with Crippen LogP contribution in [0.4, 0.5) is 0 Å². The van der Waals surface area contributed by atoms with Crippen LogP contribution in [0.3, 0.4) is 0 Å². The van der Waals surface area contributed by atoms with E-state index in [0.717, 1.165) is 17.0 Å². The highest BCUT2D eigenvalue weighted by Crippen LogP contribution is 2.20. The van der Waals surface area contributed by atoms with Crippen LogP contribution in [0.1, 0.15) is 24.3 Å². The van der Waals surface area contributed by atoms with Crippen LogP contribution in [0.2, 0.25) is 0 Å². The first-order valence-corrected chi connectivity index (χ1v) is 5.95. The Balaban J connectivity index is 2.02. The Morgan fingerprint density at radius 1 is 1.33 bits per heavy atom. The highest BCUT2D eigenvalue weighted by Gasteiger charge is 2.10. The van der Waals surface area contributed by atoms with Crippen LogP contribution >= 0.6 is 0 Å². The van der Waals surface area contributed by atoms with Gasteiger partial charge in [-0.1, -0.05) is 17.3 Å². The summed E-state index contributed by atoms with van der Waals surface area (Å²) in [6.07, 6.45) is 1.69. The molecule has 0 aliphatic heterocycles. The summed E-state index contributed by atoms with van der Waals surface area (Å²) in [5.74, 6) is 0.813. The summed E-state index contributed by atoms with van der Waals surface area (Å²) in [5, 5.41) is 17.9. The molecule has 18 heavy (non-hydrogen) atoms. The van der Waals surface area contributed by atoms with Crippen LogP contribution in [-0.4, -0.2) is 26.7 Å². The third-order valence-corrected chi connectivity index (χ3v) is 2.63. The summed E-state index contributed by atoms with van der Waals surface area (Å²) in [6, 6.07) is 7.45. The van der Waals surface area contributed by atoms with Crippen molar-refractivity contribution in [1.82, 2.24) is 15.0 Å². The van der Waals surface area contributed by atoms with Gasteiger partial charge in [-0.15, -0.1) is 5.10 Å². The topological polar surface area (TPSA) is 60.2 Å². The lowest BCUT2D eigenvalue weighted by Gasteiger charge is -2.10. The molecule has 5 heteroatoms. The molecule has 0 spiro atoms. The van der Waals surface area contributed by atoms with E-state index in [0.29, 0.717) is 13.0 Å². The van der Waals surface area contributed by atoms with E-state index in [1.165, 1.54) is 0 Å². The molecule has 1 heterocycles. The van der Waals surface area contributed by atoms with Gasteiger partial charge in [0.2, 0.25) is 0 Å². The first kappa shape index (κ1) is 12.6. The number of rotatable bonds is 5. The number of aliphatic hydroxyl groups is 1. The number of hydrogen-bond donors (Lipinski definition) is 1.